The van der Waals surface area contributed by atoms with E-state index in [1.165, 1.54) is 18.8 Å². The van der Waals surface area contributed by atoms with Crippen LogP contribution >= 0.6 is 11.8 Å². The van der Waals surface area contributed by atoms with Gasteiger partial charge in [-0.3, -0.25) is 14.7 Å². The van der Waals surface area contributed by atoms with E-state index in [0.717, 1.165) is 16.8 Å². The molecule has 116 valence electrons. The first kappa shape index (κ1) is 16.0. The van der Waals surface area contributed by atoms with E-state index in [-0.39, 0.29) is 11.7 Å². The van der Waals surface area contributed by atoms with Crippen molar-refractivity contribution in [3.8, 4) is 5.69 Å². The molecule has 0 spiro atoms. The number of urea groups is 1. The predicted molar refractivity (Wildman–Crippen MR) is 84.2 cm³/mol. The summed E-state index contributed by atoms with van der Waals surface area (Å²) in [6.45, 7) is 4.01. The summed E-state index contributed by atoms with van der Waals surface area (Å²) in [4.78, 5) is 22.7. The van der Waals surface area contributed by atoms with Crippen molar-refractivity contribution >= 4 is 23.7 Å². The van der Waals surface area contributed by atoms with Gasteiger partial charge in [-0.05, 0) is 31.0 Å². The molecule has 1 heterocycles. The van der Waals surface area contributed by atoms with Crippen molar-refractivity contribution in [3.05, 3.63) is 35.7 Å². The molecule has 0 aliphatic heterocycles. The Morgan fingerprint density at radius 3 is 2.82 bits per heavy atom. The van der Waals surface area contributed by atoms with Crippen LogP contribution in [-0.4, -0.2) is 39.5 Å². The molecule has 1 aromatic heterocycles. The first-order valence-corrected chi connectivity index (χ1v) is 7.62. The van der Waals surface area contributed by atoms with Gasteiger partial charge < -0.3 is 5.32 Å². The molecule has 7 nitrogen and oxygen atoms in total. The Morgan fingerprint density at radius 1 is 1.32 bits per heavy atom. The van der Waals surface area contributed by atoms with E-state index in [2.05, 4.69) is 20.8 Å². The first-order valence-electron chi connectivity index (χ1n) is 6.63. The fourth-order valence-corrected chi connectivity index (χ4v) is 2.54. The number of carbonyl (C=O) groups is 2. The summed E-state index contributed by atoms with van der Waals surface area (Å²) >= 11 is 1.22. The predicted octanol–water partition coefficient (Wildman–Crippen LogP) is 1.43. The van der Waals surface area contributed by atoms with Crippen LogP contribution < -0.4 is 10.6 Å². The Morgan fingerprint density at radius 2 is 2.09 bits per heavy atom. The van der Waals surface area contributed by atoms with Crippen molar-refractivity contribution in [3.63, 3.8) is 0 Å². The fraction of sp³-hybridized carbons (Fsp3) is 0.286. The third-order valence-electron chi connectivity index (χ3n) is 2.95. The number of amides is 3. The second-order valence-corrected chi connectivity index (χ2v) is 5.63. The Bertz CT molecular complexity index is 698. The zero-order valence-electron chi connectivity index (χ0n) is 12.6. The normalized spacial score (nSPS) is 10.3. The van der Waals surface area contributed by atoms with Crippen molar-refractivity contribution in [1.29, 1.82) is 0 Å². The van der Waals surface area contributed by atoms with E-state index in [0.29, 0.717) is 5.16 Å². The van der Waals surface area contributed by atoms with Gasteiger partial charge in [0, 0.05) is 7.05 Å². The molecule has 0 bridgehead atoms. The third kappa shape index (κ3) is 3.85. The Balaban J connectivity index is 2.12. The van der Waals surface area contributed by atoms with E-state index < -0.39 is 6.03 Å². The molecular formula is C14H17N5O2S. The molecule has 0 atom stereocenters. The van der Waals surface area contributed by atoms with Crippen molar-refractivity contribution in [2.45, 2.75) is 19.0 Å². The highest BCUT2D eigenvalue weighted by Crippen LogP contribution is 2.22. The average molecular weight is 319 g/mol. The average Bonchev–Trinajstić information content (AvgIpc) is 2.95. The Labute approximate surface area is 132 Å². The molecule has 0 radical (unpaired) electrons. The first-order chi connectivity index (χ1) is 10.5. The second-order valence-electron chi connectivity index (χ2n) is 4.69. The lowest BCUT2D eigenvalue weighted by Gasteiger charge is -2.10. The minimum absolute atomic E-state index is 0.0803. The monoisotopic (exact) mass is 319 g/mol. The van der Waals surface area contributed by atoms with Crippen molar-refractivity contribution in [2.24, 2.45) is 0 Å². The summed E-state index contributed by atoms with van der Waals surface area (Å²) in [6, 6.07) is 5.57. The smallest absolute Gasteiger partial charge is 0.321 e. The SMILES string of the molecule is CNC(=O)NC(=O)CSc1nncn1-c1cc(C)ccc1C. The van der Waals surface area contributed by atoms with Crippen LogP contribution in [0, 0.1) is 13.8 Å². The quantitative estimate of drug-likeness (QED) is 0.832. The zero-order valence-corrected chi connectivity index (χ0v) is 13.4. The van der Waals surface area contributed by atoms with Gasteiger partial charge in [-0.25, -0.2) is 4.79 Å². The molecular weight excluding hydrogens is 302 g/mol. The number of hydrogen-bond acceptors (Lipinski definition) is 5. The Hall–Kier alpha value is -2.35. The minimum atomic E-state index is -0.526. The number of hydrogen-bond donors (Lipinski definition) is 2. The van der Waals surface area contributed by atoms with Crippen molar-refractivity contribution < 1.29 is 9.59 Å². The van der Waals surface area contributed by atoms with E-state index in [1.54, 1.807) is 6.33 Å². The van der Waals surface area contributed by atoms with E-state index in [1.807, 2.05) is 36.6 Å². The molecule has 0 aliphatic rings. The van der Waals surface area contributed by atoms with Crippen LogP contribution in [-0.2, 0) is 4.79 Å². The van der Waals surface area contributed by atoms with Gasteiger partial charge in [0.2, 0.25) is 5.91 Å². The molecule has 0 saturated carbocycles. The lowest BCUT2D eigenvalue weighted by atomic mass is 10.1. The largest absolute Gasteiger partial charge is 0.341 e. The number of benzene rings is 1. The van der Waals surface area contributed by atoms with Gasteiger partial charge in [0.05, 0.1) is 11.4 Å². The van der Waals surface area contributed by atoms with Crippen LogP contribution in [0.4, 0.5) is 4.79 Å². The summed E-state index contributed by atoms with van der Waals surface area (Å²) in [5.41, 5.74) is 3.18. The van der Waals surface area contributed by atoms with Gasteiger partial charge in [0.15, 0.2) is 5.16 Å². The lowest BCUT2D eigenvalue weighted by molar-refractivity contribution is -0.117. The number of rotatable bonds is 4. The number of nitrogens with zero attached hydrogens (tertiary/aromatic N) is 3. The second kappa shape index (κ2) is 7.08. The summed E-state index contributed by atoms with van der Waals surface area (Å²) in [7, 11) is 1.45. The van der Waals surface area contributed by atoms with Crippen LogP contribution in [0.15, 0.2) is 29.7 Å². The number of thioether (sulfide) groups is 1. The third-order valence-corrected chi connectivity index (χ3v) is 3.90. The summed E-state index contributed by atoms with van der Waals surface area (Å²) in [5.74, 6) is -0.309. The number of aromatic nitrogens is 3. The molecule has 1 aromatic carbocycles. The van der Waals surface area contributed by atoms with E-state index in [4.69, 9.17) is 0 Å². The van der Waals surface area contributed by atoms with Crippen LogP contribution in [0.1, 0.15) is 11.1 Å². The van der Waals surface area contributed by atoms with Gasteiger partial charge in [0.1, 0.15) is 6.33 Å². The van der Waals surface area contributed by atoms with E-state index in [9.17, 15) is 9.59 Å². The van der Waals surface area contributed by atoms with Gasteiger partial charge in [0.25, 0.3) is 0 Å². The topological polar surface area (TPSA) is 88.9 Å². The maximum absolute atomic E-state index is 11.6. The van der Waals surface area contributed by atoms with Crippen molar-refractivity contribution in [2.75, 3.05) is 12.8 Å². The fourth-order valence-electron chi connectivity index (χ4n) is 1.82. The van der Waals surface area contributed by atoms with Gasteiger partial charge >= 0.3 is 6.03 Å². The minimum Gasteiger partial charge on any atom is -0.341 e. The maximum Gasteiger partial charge on any atom is 0.321 e. The van der Waals surface area contributed by atoms with Gasteiger partial charge in [-0.2, -0.15) is 0 Å². The summed E-state index contributed by atoms with van der Waals surface area (Å²) < 4.78 is 1.83. The maximum atomic E-state index is 11.6. The molecule has 2 N–H and O–H groups in total. The highest BCUT2D eigenvalue weighted by Gasteiger charge is 2.13. The summed E-state index contributed by atoms with van der Waals surface area (Å²) in [6.07, 6.45) is 1.61. The number of carbonyl (C=O) groups excluding carboxylic acids is 2. The Kier molecular flexibility index (Phi) is 5.16. The molecule has 22 heavy (non-hydrogen) atoms. The van der Waals surface area contributed by atoms with Crippen LogP contribution in [0.25, 0.3) is 5.69 Å². The molecule has 0 fully saturated rings. The molecule has 8 heteroatoms. The highest BCUT2D eigenvalue weighted by atomic mass is 32.2. The number of aryl methyl sites for hydroxylation is 2. The molecule has 2 rings (SSSR count). The molecule has 2 aromatic rings. The molecule has 0 unspecified atom stereocenters. The molecule has 0 aliphatic carbocycles. The van der Waals surface area contributed by atoms with Crippen LogP contribution in [0.5, 0.6) is 0 Å². The zero-order chi connectivity index (χ0) is 16.1. The summed E-state index contributed by atoms with van der Waals surface area (Å²) in [5, 5.41) is 13.1. The van der Waals surface area contributed by atoms with E-state index >= 15 is 0 Å². The van der Waals surface area contributed by atoms with Crippen LogP contribution in [0.3, 0.4) is 0 Å². The highest BCUT2D eigenvalue weighted by molar-refractivity contribution is 7.99. The number of nitrogens with one attached hydrogen (secondary N) is 2. The van der Waals surface area contributed by atoms with Crippen LogP contribution in [0.2, 0.25) is 0 Å². The van der Waals surface area contributed by atoms with Gasteiger partial charge in [-0.1, -0.05) is 23.9 Å². The van der Waals surface area contributed by atoms with Crippen molar-refractivity contribution in [1.82, 2.24) is 25.4 Å². The molecule has 3 amide bonds. The lowest BCUT2D eigenvalue weighted by Crippen LogP contribution is -2.38. The molecule has 0 saturated heterocycles. The standard InChI is InChI=1S/C14H17N5O2S/c1-9-4-5-10(2)11(6-9)19-8-16-18-14(19)22-7-12(20)17-13(21)15-3/h4-6,8H,7H2,1-3H3,(H2,15,17,20,21). The van der Waals surface area contributed by atoms with Gasteiger partial charge in [-0.15, -0.1) is 10.2 Å². The number of imide groups is 1.